The Kier molecular flexibility index (Phi) is 1.99. The standard InChI is InChI=1S/C10H14O/c1-4-8-6-5-7-9(11)10(8,2)3/h4-5,7-8H,1,6H2,2-3H3. The zero-order chi connectivity index (χ0) is 8.48. The minimum Gasteiger partial charge on any atom is -0.294 e. The monoisotopic (exact) mass is 150 g/mol. The average molecular weight is 150 g/mol. The van der Waals surface area contributed by atoms with Gasteiger partial charge in [0.2, 0.25) is 0 Å². The van der Waals surface area contributed by atoms with Crippen molar-refractivity contribution in [3.8, 4) is 0 Å². The number of carbonyl (C=O) groups is 1. The van der Waals surface area contributed by atoms with Gasteiger partial charge in [0, 0.05) is 5.41 Å². The van der Waals surface area contributed by atoms with Gasteiger partial charge in [-0.05, 0) is 18.4 Å². The van der Waals surface area contributed by atoms with E-state index in [-0.39, 0.29) is 11.2 Å². The summed E-state index contributed by atoms with van der Waals surface area (Å²) in [4.78, 5) is 11.4. The molecule has 1 rings (SSSR count). The third kappa shape index (κ3) is 1.28. The number of rotatable bonds is 1. The van der Waals surface area contributed by atoms with E-state index >= 15 is 0 Å². The molecule has 1 atom stereocenters. The van der Waals surface area contributed by atoms with Crippen LogP contribution in [0.4, 0.5) is 0 Å². The maximum atomic E-state index is 11.4. The Bertz CT molecular complexity index is 211. The van der Waals surface area contributed by atoms with Crippen molar-refractivity contribution >= 4 is 5.78 Å². The van der Waals surface area contributed by atoms with E-state index < -0.39 is 0 Å². The summed E-state index contributed by atoms with van der Waals surface area (Å²) in [5, 5.41) is 0. The summed E-state index contributed by atoms with van der Waals surface area (Å²) in [7, 11) is 0. The van der Waals surface area contributed by atoms with E-state index in [0.717, 1.165) is 6.42 Å². The van der Waals surface area contributed by atoms with Crippen LogP contribution in [0.3, 0.4) is 0 Å². The van der Waals surface area contributed by atoms with Crippen LogP contribution >= 0.6 is 0 Å². The molecule has 1 nitrogen and oxygen atoms in total. The molecule has 0 aromatic carbocycles. The smallest absolute Gasteiger partial charge is 0.161 e. The van der Waals surface area contributed by atoms with Crippen LogP contribution in [0.1, 0.15) is 20.3 Å². The van der Waals surface area contributed by atoms with Crippen LogP contribution in [-0.2, 0) is 4.79 Å². The molecule has 1 heteroatoms. The topological polar surface area (TPSA) is 17.1 Å². The summed E-state index contributed by atoms with van der Waals surface area (Å²) < 4.78 is 0. The maximum Gasteiger partial charge on any atom is 0.161 e. The largest absolute Gasteiger partial charge is 0.294 e. The SMILES string of the molecule is C=CC1CC=CC(=O)C1(C)C. The van der Waals surface area contributed by atoms with Crippen molar-refractivity contribution in [2.75, 3.05) is 0 Å². The Morgan fingerprint density at radius 2 is 2.36 bits per heavy atom. The van der Waals surface area contributed by atoms with Crippen LogP contribution < -0.4 is 0 Å². The van der Waals surface area contributed by atoms with Gasteiger partial charge in [-0.15, -0.1) is 6.58 Å². The Morgan fingerprint density at radius 1 is 1.73 bits per heavy atom. The van der Waals surface area contributed by atoms with Gasteiger partial charge in [0.1, 0.15) is 0 Å². The second kappa shape index (κ2) is 2.65. The van der Waals surface area contributed by atoms with Crippen LogP contribution in [-0.4, -0.2) is 5.78 Å². The third-order valence-corrected chi connectivity index (χ3v) is 2.51. The van der Waals surface area contributed by atoms with E-state index in [1.54, 1.807) is 6.08 Å². The zero-order valence-corrected chi connectivity index (χ0v) is 7.13. The van der Waals surface area contributed by atoms with Crippen LogP contribution in [0.15, 0.2) is 24.8 Å². The lowest BCUT2D eigenvalue weighted by Gasteiger charge is -2.31. The minimum absolute atomic E-state index is 0.216. The molecule has 0 aromatic rings. The lowest BCUT2D eigenvalue weighted by molar-refractivity contribution is -0.124. The van der Waals surface area contributed by atoms with Crippen molar-refractivity contribution in [2.24, 2.45) is 11.3 Å². The molecule has 0 bridgehead atoms. The van der Waals surface area contributed by atoms with Crippen LogP contribution in [0, 0.1) is 11.3 Å². The summed E-state index contributed by atoms with van der Waals surface area (Å²) in [5.41, 5.74) is -0.240. The second-order valence-corrected chi connectivity index (χ2v) is 3.57. The molecule has 0 spiro atoms. The first kappa shape index (κ1) is 8.25. The molecule has 0 aliphatic heterocycles. The number of hydrogen-bond acceptors (Lipinski definition) is 1. The number of carbonyl (C=O) groups excluding carboxylic acids is 1. The van der Waals surface area contributed by atoms with Gasteiger partial charge in [0.25, 0.3) is 0 Å². The molecule has 0 fully saturated rings. The molecule has 0 heterocycles. The Morgan fingerprint density at radius 3 is 2.82 bits per heavy atom. The first-order chi connectivity index (χ1) is 5.09. The summed E-state index contributed by atoms with van der Waals surface area (Å²) in [6.07, 6.45) is 6.43. The fourth-order valence-electron chi connectivity index (χ4n) is 1.40. The molecule has 0 amide bonds. The van der Waals surface area contributed by atoms with Gasteiger partial charge in [0.15, 0.2) is 5.78 Å². The minimum atomic E-state index is -0.240. The van der Waals surface area contributed by atoms with Gasteiger partial charge in [-0.3, -0.25) is 4.79 Å². The molecular formula is C10H14O. The van der Waals surface area contributed by atoms with Gasteiger partial charge < -0.3 is 0 Å². The number of allylic oxidation sites excluding steroid dienone is 3. The van der Waals surface area contributed by atoms with Crippen molar-refractivity contribution in [1.29, 1.82) is 0 Å². The second-order valence-electron chi connectivity index (χ2n) is 3.57. The van der Waals surface area contributed by atoms with E-state index in [2.05, 4.69) is 6.58 Å². The summed E-state index contributed by atoms with van der Waals surface area (Å²) in [6, 6.07) is 0. The van der Waals surface area contributed by atoms with Gasteiger partial charge in [-0.25, -0.2) is 0 Å². The summed E-state index contributed by atoms with van der Waals surface area (Å²) >= 11 is 0. The van der Waals surface area contributed by atoms with Gasteiger partial charge in [0.05, 0.1) is 0 Å². The first-order valence-electron chi connectivity index (χ1n) is 3.92. The molecule has 0 saturated carbocycles. The lowest BCUT2D eigenvalue weighted by Crippen LogP contribution is -2.32. The van der Waals surface area contributed by atoms with E-state index in [1.165, 1.54) is 0 Å². The van der Waals surface area contributed by atoms with Gasteiger partial charge in [-0.2, -0.15) is 0 Å². The quantitative estimate of drug-likeness (QED) is 0.524. The fourth-order valence-corrected chi connectivity index (χ4v) is 1.40. The average Bonchev–Trinajstić information content (AvgIpc) is 1.95. The molecular weight excluding hydrogens is 136 g/mol. The molecule has 0 aromatic heterocycles. The van der Waals surface area contributed by atoms with E-state index in [9.17, 15) is 4.79 Å². The first-order valence-corrected chi connectivity index (χ1v) is 3.92. The predicted octanol–water partition coefficient (Wildman–Crippen LogP) is 2.34. The van der Waals surface area contributed by atoms with Crippen molar-refractivity contribution in [1.82, 2.24) is 0 Å². The Hall–Kier alpha value is -0.850. The molecule has 0 saturated heterocycles. The number of ketones is 1. The van der Waals surface area contributed by atoms with Crippen molar-refractivity contribution < 1.29 is 4.79 Å². The molecule has 1 unspecified atom stereocenters. The van der Waals surface area contributed by atoms with E-state index in [0.29, 0.717) is 5.92 Å². The highest BCUT2D eigenvalue weighted by atomic mass is 16.1. The molecule has 11 heavy (non-hydrogen) atoms. The summed E-state index contributed by atoms with van der Waals surface area (Å²) in [6.45, 7) is 7.68. The summed E-state index contributed by atoms with van der Waals surface area (Å²) in [5.74, 6) is 0.522. The van der Waals surface area contributed by atoms with Crippen molar-refractivity contribution in [2.45, 2.75) is 20.3 Å². The maximum absolute atomic E-state index is 11.4. The highest BCUT2D eigenvalue weighted by Crippen LogP contribution is 2.35. The Balaban J connectivity index is 2.94. The molecule has 0 radical (unpaired) electrons. The highest BCUT2D eigenvalue weighted by Gasteiger charge is 2.34. The van der Waals surface area contributed by atoms with Gasteiger partial charge in [-0.1, -0.05) is 26.0 Å². The number of hydrogen-bond donors (Lipinski definition) is 0. The third-order valence-electron chi connectivity index (χ3n) is 2.51. The van der Waals surface area contributed by atoms with Crippen LogP contribution in [0.5, 0.6) is 0 Å². The molecule has 1 aliphatic rings. The molecule has 0 N–H and O–H groups in total. The normalized spacial score (nSPS) is 28.5. The van der Waals surface area contributed by atoms with E-state index in [4.69, 9.17) is 0 Å². The zero-order valence-electron chi connectivity index (χ0n) is 7.13. The lowest BCUT2D eigenvalue weighted by atomic mass is 9.71. The van der Waals surface area contributed by atoms with Crippen LogP contribution in [0.2, 0.25) is 0 Å². The molecule has 60 valence electrons. The van der Waals surface area contributed by atoms with E-state index in [1.807, 2.05) is 26.0 Å². The Labute approximate surface area is 67.8 Å². The van der Waals surface area contributed by atoms with Gasteiger partial charge >= 0.3 is 0 Å². The fraction of sp³-hybridized carbons (Fsp3) is 0.500. The van der Waals surface area contributed by atoms with Crippen LogP contribution in [0.25, 0.3) is 0 Å². The molecule has 1 aliphatic carbocycles. The predicted molar refractivity (Wildman–Crippen MR) is 46.2 cm³/mol. The van der Waals surface area contributed by atoms with Crippen molar-refractivity contribution in [3.63, 3.8) is 0 Å². The van der Waals surface area contributed by atoms with Crippen molar-refractivity contribution in [3.05, 3.63) is 24.8 Å². The highest BCUT2D eigenvalue weighted by molar-refractivity contribution is 5.95.